The number of rotatable bonds is 3. The fraction of sp³-hybridized carbons (Fsp3) is 0.111. The Labute approximate surface area is 88.5 Å². The van der Waals surface area contributed by atoms with Gasteiger partial charge in [-0.05, 0) is 12.1 Å². The molecule has 0 spiro atoms. The second-order valence-corrected chi connectivity index (χ2v) is 3.82. The highest BCUT2D eigenvalue weighted by molar-refractivity contribution is 7.99. The minimum Gasteiger partial charge on any atom is -0.481 e. The summed E-state index contributed by atoms with van der Waals surface area (Å²) in [6.45, 7) is 0. The smallest absolute Gasteiger partial charge is 0.313 e. The molecule has 78 valence electrons. The Kier molecular flexibility index (Phi) is 2.59. The maximum Gasteiger partial charge on any atom is 0.313 e. The number of carboxylic acids is 1. The number of H-pyrrole nitrogens is 1. The minimum absolute atomic E-state index is 0.0958. The average molecular weight is 226 g/mol. The zero-order valence-electron chi connectivity index (χ0n) is 7.53. The van der Waals surface area contributed by atoms with Gasteiger partial charge in [-0.25, -0.2) is 9.37 Å². The molecule has 1 aromatic heterocycles. The van der Waals surface area contributed by atoms with Crippen molar-refractivity contribution in [3.05, 3.63) is 24.0 Å². The van der Waals surface area contributed by atoms with Gasteiger partial charge in [0, 0.05) is 0 Å². The van der Waals surface area contributed by atoms with Crippen LogP contribution in [0.3, 0.4) is 0 Å². The average Bonchev–Trinajstić information content (AvgIpc) is 2.59. The first kappa shape index (κ1) is 9.97. The molecule has 0 amide bonds. The van der Waals surface area contributed by atoms with E-state index in [2.05, 4.69) is 9.97 Å². The van der Waals surface area contributed by atoms with Crippen LogP contribution in [0, 0.1) is 5.82 Å². The maximum absolute atomic E-state index is 13.2. The highest BCUT2D eigenvalue weighted by Gasteiger charge is 2.08. The van der Waals surface area contributed by atoms with Gasteiger partial charge in [0.2, 0.25) is 0 Å². The molecule has 0 bridgehead atoms. The summed E-state index contributed by atoms with van der Waals surface area (Å²) in [4.78, 5) is 17.1. The van der Waals surface area contributed by atoms with Crippen LogP contribution in [0.4, 0.5) is 4.39 Å². The van der Waals surface area contributed by atoms with Crippen LogP contribution in [0.25, 0.3) is 11.0 Å². The Hall–Kier alpha value is -1.56. The van der Waals surface area contributed by atoms with Gasteiger partial charge < -0.3 is 10.1 Å². The summed E-state index contributed by atoms with van der Waals surface area (Å²) in [7, 11) is 0. The van der Waals surface area contributed by atoms with Crippen molar-refractivity contribution in [3.63, 3.8) is 0 Å². The van der Waals surface area contributed by atoms with Gasteiger partial charge in [-0.3, -0.25) is 4.79 Å². The van der Waals surface area contributed by atoms with Crippen LogP contribution in [0.2, 0.25) is 0 Å². The molecular formula is C9H7FN2O2S. The van der Waals surface area contributed by atoms with Gasteiger partial charge in [-0.15, -0.1) is 0 Å². The normalized spacial score (nSPS) is 10.7. The van der Waals surface area contributed by atoms with Crippen LogP contribution in [0.15, 0.2) is 23.4 Å². The predicted molar refractivity (Wildman–Crippen MR) is 54.4 cm³/mol. The van der Waals surface area contributed by atoms with Crippen molar-refractivity contribution in [2.45, 2.75) is 5.16 Å². The number of aromatic amines is 1. The number of nitrogens with one attached hydrogen (secondary N) is 1. The van der Waals surface area contributed by atoms with Crippen LogP contribution in [-0.2, 0) is 4.79 Å². The number of nitrogens with zero attached hydrogens (tertiary/aromatic N) is 1. The molecule has 6 heteroatoms. The fourth-order valence-electron chi connectivity index (χ4n) is 1.17. The highest BCUT2D eigenvalue weighted by atomic mass is 32.2. The summed E-state index contributed by atoms with van der Waals surface area (Å²) >= 11 is 1.03. The Morgan fingerprint density at radius 3 is 3.07 bits per heavy atom. The SMILES string of the molecule is O=C(O)CSc1nc2c(F)cccc2[nH]1. The van der Waals surface area contributed by atoms with Gasteiger partial charge in [0.1, 0.15) is 5.52 Å². The lowest BCUT2D eigenvalue weighted by Crippen LogP contribution is -1.97. The van der Waals surface area contributed by atoms with E-state index in [0.29, 0.717) is 10.7 Å². The number of halogens is 1. The molecule has 0 aliphatic rings. The summed E-state index contributed by atoms with van der Waals surface area (Å²) in [6.07, 6.45) is 0. The van der Waals surface area contributed by atoms with Gasteiger partial charge in [0.05, 0.1) is 11.3 Å². The van der Waals surface area contributed by atoms with Crippen molar-refractivity contribution in [2.24, 2.45) is 0 Å². The number of fused-ring (bicyclic) bond motifs is 1. The first-order chi connectivity index (χ1) is 7.16. The maximum atomic E-state index is 13.2. The third-order valence-electron chi connectivity index (χ3n) is 1.77. The fourth-order valence-corrected chi connectivity index (χ4v) is 1.77. The monoisotopic (exact) mass is 226 g/mol. The molecule has 2 aromatic rings. The molecule has 1 aromatic carbocycles. The Bertz CT molecular complexity index is 512. The van der Waals surface area contributed by atoms with Crippen LogP contribution in [0.1, 0.15) is 0 Å². The standard InChI is InChI=1S/C9H7FN2O2S/c10-5-2-1-3-6-8(5)12-9(11-6)15-4-7(13)14/h1-3H,4H2,(H,11,12)(H,13,14). The molecule has 15 heavy (non-hydrogen) atoms. The molecule has 0 unspecified atom stereocenters. The Morgan fingerprint density at radius 1 is 1.60 bits per heavy atom. The van der Waals surface area contributed by atoms with Gasteiger partial charge in [-0.2, -0.15) is 0 Å². The number of aromatic nitrogens is 2. The van der Waals surface area contributed by atoms with Gasteiger partial charge in [-0.1, -0.05) is 17.8 Å². The van der Waals surface area contributed by atoms with Gasteiger partial charge in [0.25, 0.3) is 0 Å². The minimum atomic E-state index is -0.930. The largest absolute Gasteiger partial charge is 0.481 e. The van der Waals surface area contributed by atoms with Gasteiger partial charge >= 0.3 is 5.97 Å². The lowest BCUT2D eigenvalue weighted by Gasteiger charge is -1.89. The van der Waals surface area contributed by atoms with Crippen molar-refractivity contribution < 1.29 is 14.3 Å². The number of benzene rings is 1. The molecule has 0 aliphatic carbocycles. The summed E-state index contributed by atoms with van der Waals surface area (Å²) in [5.41, 5.74) is 0.813. The number of carboxylic acid groups (broad SMARTS) is 1. The lowest BCUT2D eigenvalue weighted by atomic mass is 10.3. The third-order valence-corrected chi connectivity index (χ3v) is 2.63. The molecule has 2 N–H and O–H groups in total. The van der Waals surface area contributed by atoms with Gasteiger partial charge in [0.15, 0.2) is 11.0 Å². The molecule has 0 fully saturated rings. The Balaban J connectivity index is 2.31. The van der Waals surface area contributed by atoms with Crippen molar-refractivity contribution >= 4 is 28.8 Å². The lowest BCUT2D eigenvalue weighted by molar-refractivity contribution is -0.133. The van der Waals surface area contributed by atoms with E-state index in [4.69, 9.17) is 5.11 Å². The van der Waals surface area contributed by atoms with E-state index in [1.165, 1.54) is 6.07 Å². The van der Waals surface area contributed by atoms with Crippen LogP contribution in [-0.4, -0.2) is 26.8 Å². The summed E-state index contributed by atoms with van der Waals surface area (Å²) in [6, 6.07) is 4.58. The first-order valence-corrected chi connectivity index (χ1v) is 5.14. The number of imidazole rings is 1. The quantitative estimate of drug-likeness (QED) is 0.784. The van der Waals surface area contributed by atoms with Crippen molar-refractivity contribution in [3.8, 4) is 0 Å². The first-order valence-electron chi connectivity index (χ1n) is 4.15. The Morgan fingerprint density at radius 2 is 2.40 bits per heavy atom. The number of hydrogen-bond acceptors (Lipinski definition) is 3. The molecule has 0 aliphatic heterocycles. The predicted octanol–water partition coefficient (Wildman–Crippen LogP) is 1.88. The number of para-hydroxylation sites is 1. The second kappa shape index (κ2) is 3.90. The van der Waals surface area contributed by atoms with Crippen molar-refractivity contribution in [1.29, 1.82) is 0 Å². The summed E-state index contributed by atoms with van der Waals surface area (Å²) in [5, 5.41) is 8.88. The van der Waals surface area contributed by atoms with E-state index in [-0.39, 0.29) is 11.3 Å². The molecule has 0 atom stereocenters. The van der Waals surface area contributed by atoms with E-state index in [0.717, 1.165) is 11.8 Å². The molecule has 4 nitrogen and oxygen atoms in total. The topological polar surface area (TPSA) is 66.0 Å². The van der Waals surface area contributed by atoms with E-state index >= 15 is 0 Å². The number of thioether (sulfide) groups is 1. The van der Waals surface area contributed by atoms with E-state index in [9.17, 15) is 9.18 Å². The molecule has 0 saturated carbocycles. The highest BCUT2D eigenvalue weighted by Crippen LogP contribution is 2.20. The van der Waals surface area contributed by atoms with Crippen LogP contribution >= 0.6 is 11.8 Å². The molecule has 2 rings (SSSR count). The molecule has 1 heterocycles. The zero-order chi connectivity index (χ0) is 10.8. The molecule has 0 radical (unpaired) electrons. The van der Waals surface area contributed by atoms with E-state index in [1.54, 1.807) is 12.1 Å². The summed E-state index contributed by atoms with van der Waals surface area (Å²) < 4.78 is 13.2. The number of hydrogen-bond donors (Lipinski definition) is 2. The third kappa shape index (κ3) is 2.10. The van der Waals surface area contributed by atoms with Crippen LogP contribution in [0.5, 0.6) is 0 Å². The van der Waals surface area contributed by atoms with Crippen molar-refractivity contribution in [1.82, 2.24) is 9.97 Å². The second-order valence-electron chi connectivity index (χ2n) is 2.86. The molecular weight excluding hydrogens is 219 g/mol. The number of carbonyl (C=O) groups is 1. The van der Waals surface area contributed by atoms with Crippen molar-refractivity contribution in [2.75, 3.05) is 5.75 Å². The molecule has 0 saturated heterocycles. The number of aliphatic carboxylic acids is 1. The van der Waals surface area contributed by atoms with E-state index in [1.807, 2.05) is 0 Å². The zero-order valence-corrected chi connectivity index (χ0v) is 8.34. The van der Waals surface area contributed by atoms with Crippen LogP contribution < -0.4 is 0 Å². The van der Waals surface area contributed by atoms with E-state index < -0.39 is 11.8 Å². The summed E-state index contributed by atoms with van der Waals surface area (Å²) in [5.74, 6) is -1.44.